The Balaban J connectivity index is 3.36. The molecule has 0 saturated heterocycles. The van der Waals surface area contributed by atoms with Crippen molar-refractivity contribution in [3.05, 3.63) is 35.7 Å². The van der Waals surface area contributed by atoms with Crippen molar-refractivity contribution in [3.63, 3.8) is 0 Å². The van der Waals surface area contributed by atoms with Gasteiger partial charge in [-0.25, -0.2) is 9.18 Å². The molecule has 0 amide bonds. The van der Waals surface area contributed by atoms with E-state index in [2.05, 4.69) is 0 Å². The Morgan fingerprint density at radius 1 is 1.47 bits per heavy atom. The Morgan fingerprint density at radius 2 is 2.12 bits per heavy atom. The predicted octanol–water partition coefficient (Wildman–Crippen LogP) is 2.96. The van der Waals surface area contributed by atoms with Gasteiger partial charge < -0.3 is 9.84 Å². The number of rotatable bonds is 4. The van der Waals surface area contributed by atoms with Gasteiger partial charge in [0.2, 0.25) is 0 Å². The number of aliphatic carboxylic acids is 1. The Kier molecular flexibility index (Phi) is 4.26. The molecule has 0 heterocycles. The smallest absolute Gasteiger partial charge is 0.328 e. The molecule has 0 fully saturated rings. The first kappa shape index (κ1) is 13.2. The van der Waals surface area contributed by atoms with Crippen molar-refractivity contribution in [1.29, 1.82) is 0 Å². The van der Waals surface area contributed by atoms with Crippen LogP contribution in [-0.2, 0) is 4.79 Å². The lowest BCUT2D eigenvalue weighted by molar-refractivity contribution is -0.131. The van der Waals surface area contributed by atoms with E-state index in [0.717, 1.165) is 6.08 Å². The summed E-state index contributed by atoms with van der Waals surface area (Å²) in [4.78, 5) is 10.8. The molecule has 1 rings (SSSR count). The fourth-order valence-corrected chi connectivity index (χ4v) is 1.59. The van der Waals surface area contributed by atoms with E-state index >= 15 is 0 Å². The molecule has 1 N–H and O–H groups in total. The second-order valence-electron chi connectivity index (χ2n) is 3.94. The van der Waals surface area contributed by atoms with Crippen molar-refractivity contribution < 1.29 is 19.0 Å². The van der Waals surface area contributed by atoms with E-state index < -0.39 is 11.8 Å². The minimum Gasteiger partial charge on any atom is -0.496 e. The van der Waals surface area contributed by atoms with Crippen LogP contribution in [0.25, 0.3) is 5.57 Å². The summed E-state index contributed by atoms with van der Waals surface area (Å²) in [6, 6.07) is 4.05. The van der Waals surface area contributed by atoms with Gasteiger partial charge in [0.05, 0.1) is 7.11 Å². The van der Waals surface area contributed by atoms with Gasteiger partial charge in [0, 0.05) is 11.6 Å². The summed E-state index contributed by atoms with van der Waals surface area (Å²) in [6.45, 7) is 3.69. The highest BCUT2D eigenvalue weighted by atomic mass is 19.1. The van der Waals surface area contributed by atoms with Crippen molar-refractivity contribution in [3.8, 4) is 5.75 Å². The van der Waals surface area contributed by atoms with Gasteiger partial charge in [-0.05, 0) is 29.7 Å². The Labute approximate surface area is 99.5 Å². The fourth-order valence-electron chi connectivity index (χ4n) is 1.59. The molecule has 0 spiro atoms. The van der Waals surface area contributed by atoms with E-state index in [4.69, 9.17) is 9.84 Å². The summed E-state index contributed by atoms with van der Waals surface area (Å²) >= 11 is 0. The van der Waals surface area contributed by atoms with E-state index in [1.54, 1.807) is 0 Å². The molecule has 0 radical (unpaired) electrons. The van der Waals surface area contributed by atoms with Crippen molar-refractivity contribution in [2.45, 2.75) is 13.8 Å². The number of allylic oxidation sites excluding steroid dienone is 1. The lowest BCUT2D eigenvalue weighted by Crippen LogP contribution is -2.01. The Morgan fingerprint density at radius 3 is 2.59 bits per heavy atom. The molecular weight excluding hydrogens is 223 g/mol. The molecule has 4 heteroatoms. The lowest BCUT2D eigenvalue weighted by Gasteiger charge is -2.14. The number of carboxylic acid groups (broad SMARTS) is 1. The maximum atomic E-state index is 13.2. The molecule has 0 aliphatic heterocycles. The zero-order valence-corrected chi connectivity index (χ0v) is 10.0. The van der Waals surface area contributed by atoms with Crippen molar-refractivity contribution in [1.82, 2.24) is 0 Å². The van der Waals surface area contributed by atoms with Crippen LogP contribution in [0.2, 0.25) is 0 Å². The van der Waals surface area contributed by atoms with Crippen LogP contribution < -0.4 is 4.74 Å². The van der Waals surface area contributed by atoms with Crippen LogP contribution in [0.1, 0.15) is 19.4 Å². The van der Waals surface area contributed by atoms with Crippen molar-refractivity contribution >= 4 is 11.5 Å². The maximum absolute atomic E-state index is 13.2. The Bertz CT molecular complexity index is 450. The highest BCUT2D eigenvalue weighted by Crippen LogP contribution is 2.31. The molecule has 1 aromatic rings. The topological polar surface area (TPSA) is 46.5 Å². The number of hydrogen-bond donors (Lipinski definition) is 1. The predicted molar refractivity (Wildman–Crippen MR) is 63.4 cm³/mol. The first-order valence-electron chi connectivity index (χ1n) is 5.24. The van der Waals surface area contributed by atoms with E-state index in [1.165, 1.54) is 25.3 Å². The number of carboxylic acids is 1. The van der Waals surface area contributed by atoms with Gasteiger partial charge in [-0.15, -0.1) is 0 Å². The third kappa shape index (κ3) is 3.31. The van der Waals surface area contributed by atoms with Crippen LogP contribution in [0.4, 0.5) is 4.39 Å². The first-order chi connectivity index (χ1) is 7.95. The van der Waals surface area contributed by atoms with E-state index in [1.807, 2.05) is 13.8 Å². The zero-order valence-electron chi connectivity index (χ0n) is 10.0. The zero-order chi connectivity index (χ0) is 13.0. The molecule has 1 aromatic carbocycles. The van der Waals surface area contributed by atoms with Crippen LogP contribution in [0.3, 0.4) is 0 Å². The second-order valence-corrected chi connectivity index (χ2v) is 3.94. The number of methoxy groups -OCH3 is 1. The van der Waals surface area contributed by atoms with E-state index in [9.17, 15) is 9.18 Å². The average molecular weight is 238 g/mol. The van der Waals surface area contributed by atoms with Crippen LogP contribution in [0.15, 0.2) is 24.3 Å². The number of halogens is 1. The van der Waals surface area contributed by atoms with Crippen molar-refractivity contribution in [2.24, 2.45) is 5.92 Å². The Hall–Kier alpha value is -1.84. The molecule has 0 atom stereocenters. The van der Waals surface area contributed by atoms with E-state index in [-0.39, 0.29) is 5.92 Å². The molecule has 0 aliphatic carbocycles. The van der Waals surface area contributed by atoms with Crippen LogP contribution in [0.5, 0.6) is 5.75 Å². The first-order valence-corrected chi connectivity index (χ1v) is 5.24. The summed E-state index contributed by atoms with van der Waals surface area (Å²) < 4.78 is 18.3. The van der Waals surface area contributed by atoms with Crippen LogP contribution in [0, 0.1) is 11.7 Å². The van der Waals surface area contributed by atoms with Crippen molar-refractivity contribution in [2.75, 3.05) is 7.11 Å². The molecule has 0 aliphatic rings. The molecular formula is C13H15FO3. The molecule has 3 nitrogen and oxygen atoms in total. The SMILES string of the molecule is COc1ccc(F)cc1/C(=C/C(=O)O)C(C)C. The number of hydrogen-bond acceptors (Lipinski definition) is 2. The number of carbonyl (C=O) groups is 1. The summed E-state index contributed by atoms with van der Waals surface area (Å²) in [6.07, 6.45) is 1.09. The molecule has 0 aromatic heterocycles. The molecule has 0 saturated carbocycles. The maximum Gasteiger partial charge on any atom is 0.328 e. The highest BCUT2D eigenvalue weighted by molar-refractivity contribution is 5.91. The number of ether oxygens (including phenoxy) is 1. The van der Waals surface area contributed by atoms with Crippen LogP contribution in [-0.4, -0.2) is 18.2 Å². The van der Waals surface area contributed by atoms with Gasteiger partial charge in [-0.2, -0.15) is 0 Å². The summed E-state index contributed by atoms with van der Waals surface area (Å²) in [5, 5.41) is 8.82. The standard InChI is InChI=1S/C13H15FO3/c1-8(2)10(7-13(15)16)11-6-9(14)4-5-12(11)17-3/h4-8H,1-3H3,(H,15,16)/b10-7+. The molecule has 92 valence electrons. The quantitative estimate of drug-likeness (QED) is 0.820. The van der Waals surface area contributed by atoms with E-state index in [0.29, 0.717) is 16.9 Å². The molecule has 0 bridgehead atoms. The monoisotopic (exact) mass is 238 g/mol. The summed E-state index contributed by atoms with van der Waals surface area (Å²) in [5.41, 5.74) is 1.01. The summed E-state index contributed by atoms with van der Waals surface area (Å²) in [7, 11) is 1.47. The lowest BCUT2D eigenvalue weighted by atomic mass is 9.94. The van der Waals surface area contributed by atoms with Gasteiger partial charge in [-0.1, -0.05) is 13.8 Å². The van der Waals surface area contributed by atoms with Gasteiger partial charge >= 0.3 is 5.97 Å². The largest absolute Gasteiger partial charge is 0.496 e. The minimum atomic E-state index is -1.06. The van der Waals surface area contributed by atoms with Gasteiger partial charge in [-0.3, -0.25) is 0 Å². The molecule has 17 heavy (non-hydrogen) atoms. The summed E-state index contributed by atoms with van der Waals surface area (Å²) in [5.74, 6) is -1.05. The van der Waals surface area contributed by atoms with Gasteiger partial charge in [0.15, 0.2) is 0 Å². The normalized spacial score (nSPS) is 11.7. The van der Waals surface area contributed by atoms with Gasteiger partial charge in [0.25, 0.3) is 0 Å². The van der Waals surface area contributed by atoms with Crippen LogP contribution >= 0.6 is 0 Å². The second kappa shape index (κ2) is 5.48. The fraction of sp³-hybridized carbons (Fsp3) is 0.308. The minimum absolute atomic E-state index is 0.0400. The third-order valence-corrected chi connectivity index (χ3v) is 2.37. The average Bonchev–Trinajstić information content (AvgIpc) is 2.25. The number of benzene rings is 1. The third-order valence-electron chi connectivity index (χ3n) is 2.37. The highest BCUT2D eigenvalue weighted by Gasteiger charge is 2.14. The van der Waals surface area contributed by atoms with Gasteiger partial charge in [0.1, 0.15) is 11.6 Å². The molecule has 0 unspecified atom stereocenters.